The fraction of sp³-hybridized carbons (Fsp3) is 0.750. The van der Waals surface area contributed by atoms with Crippen LogP contribution in [0.25, 0.3) is 0 Å². The zero-order chi connectivity index (χ0) is 22.1. The summed E-state index contributed by atoms with van der Waals surface area (Å²) in [6.45, 7) is 13.1. The van der Waals surface area contributed by atoms with Gasteiger partial charge < -0.3 is 20.4 Å². The molecule has 2 aliphatic rings. The molecule has 0 bridgehead atoms. The summed E-state index contributed by atoms with van der Waals surface area (Å²) in [5.41, 5.74) is 1.17. The normalized spacial score (nSPS) is 20.5. The van der Waals surface area contributed by atoms with Gasteiger partial charge in [0.25, 0.3) is 0 Å². The minimum atomic E-state index is 0.543. The van der Waals surface area contributed by atoms with E-state index in [1.165, 1.54) is 44.3 Å². The number of piperazine rings is 1. The molecule has 2 aliphatic heterocycles. The van der Waals surface area contributed by atoms with Crippen molar-refractivity contribution in [3.05, 3.63) is 23.9 Å². The van der Waals surface area contributed by atoms with E-state index in [0.29, 0.717) is 12.0 Å². The van der Waals surface area contributed by atoms with Gasteiger partial charge in [0.15, 0.2) is 5.96 Å². The number of aliphatic imine (C=N–C) groups is 1. The Bertz CT molecular complexity index is 657. The molecule has 3 rings (SSSR count). The molecule has 2 saturated heterocycles. The van der Waals surface area contributed by atoms with E-state index in [1.807, 2.05) is 13.2 Å². The summed E-state index contributed by atoms with van der Waals surface area (Å²) < 4.78 is 0. The standard InChI is InChI=1S/C24H43N7/c1-20(2)22(30-11-7-5-6-8-12-30)19-28-24(25-3)27-18-21-9-10-23(26-17-21)31-15-13-29(4)14-16-31/h9-10,17,20,22H,5-8,11-16,18-19H2,1-4H3,(H2,25,27,28). The Labute approximate surface area is 189 Å². The highest BCUT2D eigenvalue weighted by atomic mass is 15.3. The van der Waals surface area contributed by atoms with Gasteiger partial charge in [-0.2, -0.15) is 0 Å². The second-order valence-electron chi connectivity index (χ2n) is 9.38. The second-order valence-corrected chi connectivity index (χ2v) is 9.38. The van der Waals surface area contributed by atoms with Crippen LogP contribution in [-0.2, 0) is 6.54 Å². The number of likely N-dealkylation sites (N-methyl/N-ethyl adjacent to an activating group) is 1. The van der Waals surface area contributed by atoms with Gasteiger partial charge in [-0.1, -0.05) is 32.8 Å². The lowest BCUT2D eigenvalue weighted by atomic mass is 10.0. The second kappa shape index (κ2) is 12.2. The summed E-state index contributed by atoms with van der Waals surface area (Å²) in [5.74, 6) is 2.57. The van der Waals surface area contributed by atoms with Crippen LogP contribution in [0.1, 0.15) is 45.1 Å². The molecule has 0 saturated carbocycles. The first kappa shape index (κ1) is 23.8. The minimum Gasteiger partial charge on any atom is -0.355 e. The van der Waals surface area contributed by atoms with Crippen LogP contribution >= 0.6 is 0 Å². The predicted molar refractivity (Wildman–Crippen MR) is 131 cm³/mol. The molecule has 7 nitrogen and oxygen atoms in total. The number of hydrogen-bond donors (Lipinski definition) is 2. The third-order valence-electron chi connectivity index (χ3n) is 6.68. The maximum Gasteiger partial charge on any atom is 0.191 e. The summed E-state index contributed by atoms with van der Waals surface area (Å²) in [4.78, 5) is 16.6. The number of nitrogens with zero attached hydrogens (tertiary/aromatic N) is 5. The van der Waals surface area contributed by atoms with Gasteiger partial charge in [0.05, 0.1) is 0 Å². The van der Waals surface area contributed by atoms with E-state index in [1.54, 1.807) is 0 Å². The van der Waals surface area contributed by atoms with Gasteiger partial charge in [-0.05, 0) is 50.5 Å². The van der Waals surface area contributed by atoms with Gasteiger partial charge in [0.2, 0.25) is 0 Å². The van der Waals surface area contributed by atoms with E-state index in [0.717, 1.165) is 51.0 Å². The van der Waals surface area contributed by atoms with Crippen LogP contribution in [0.15, 0.2) is 23.3 Å². The third-order valence-corrected chi connectivity index (χ3v) is 6.68. The van der Waals surface area contributed by atoms with Crippen LogP contribution in [0.5, 0.6) is 0 Å². The SMILES string of the molecule is CN=C(NCc1ccc(N2CCN(C)CC2)nc1)NCC(C(C)C)N1CCCCCC1. The molecule has 3 heterocycles. The van der Waals surface area contributed by atoms with E-state index in [4.69, 9.17) is 4.98 Å². The quantitative estimate of drug-likeness (QED) is 0.513. The largest absolute Gasteiger partial charge is 0.355 e. The molecule has 2 fully saturated rings. The van der Waals surface area contributed by atoms with E-state index in [9.17, 15) is 0 Å². The predicted octanol–water partition coefficient (Wildman–Crippen LogP) is 2.40. The maximum absolute atomic E-state index is 4.70. The molecule has 174 valence electrons. The van der Waals surface area contributed by atoms with Crippen molar-refractivity contribution in [2.45, 2.75) is 52.1 Å². The smallest absolute Gasteiger partial charge is 0.191 e. The van der Waals surface area contributed by atoms with Crippen LogP contribution < -0.4 is 15.5 Å². The molecule has 0 spiro atoms. The molecule has 1 aromatic heterocycles. The molecule has 1 aromatic rings. The molecule has 0 radical (unpaired) electrons. The van der Waals surface area contributed by atoms with Crippen molar-refractivity contribution in [3.63, 3.8) is 0 Å². The number of guanidine groups is 1. The molecular formula is C24H43N7. The number of anilines is 1. The van der Waals surface area contributed by atoms with Gasteiger partial charge >= 0.3 is 0 Å². The van der Waals surface area contributed by atoms with Crippen molar-refractivity contribution in [1.82, 2.24) is 25.4 Å². The summed E-state index contributed by atoms with van der Waals surface area (Å²) in [6, 6.07) is 4.86. The topological polar surface area (TPSA) is 59.0 Å². The maximum atomic E-state index is 4.70. The van der Waals surface area contributed by atoms with Crippen LogP contribution in [0.2, 0.25) is 0 Å². The molecular weight excluding hydrogens is 386 g/mol. The lowest BCUT2D eigenvalue weighted by molar-refractivity contribution is 0.161. The van der Waals surface area contributed by atoms with Gasteiger partial charge in [-0.3, -0.25) is 9.89 Å². The monoisotopic (exact) mass is 429 g/mol. The first-order chi connectivity index (χ1) is 15.1. The van der Waals surface area contributed by atoms with Gasteiger partial charge in [0, 0.05) is 58.6 Å². The Balaban J connectivity index is 1.47. The van der Waals surface area contributed by atoms with Crippen molar-refractivity contribution in [3.8, 4) is 0 Å². The Morgan fingerprint density at radius 1 is 1.00 bits per heavy atom. The van der Waals surface area contributed by atoms with Crippen LogP contribution in [0.3, 0.4) is 0 Å². The van der Waals surface area contributed by atoms with E-state index < -0.39 is 0 Å². The Morgan fingerprint density at radius 2 is 1.71 bits per heavy atom. The number of likely N-dealkylation sites (tertiary alicyclic amines) is 1. The first-order valence-electron chi connectivity index (χ1n) is 12.1. The molecule has 1 atom stereocenters. The minimum absolute atomic E-state index is 0.543. The number of hydrogen-bond acceptors (Lipinski definition) is 5. The Hall–Kier alpha value is -1.86. The zero-order valence-corrected chi connectivity index (χ0v) is 20.1. The summed E-state index contributed by atoms with van der Waals surface area (Å²) in [5, 5.41) is 7.03. The van der Waals surface area contributed by atoms with E-state index >= 15 is 0 Å². The summed E-state index contributed by atoms with van der Waals surface area (Å²) in [6.07, 6.45) is 7.39. The lowest BCUT2D eigenvalue weighted by Gasteiger charge is -2.34. The highest BCUT2D eigenvalue weighted by Crippen LogP contribution is 2.17. The van der Waals surface area contributed by atoms with Crippen molar-refractivity contribution in [1.29, 1.82) is 0 Å². The summed E-state index contributed by atoms with van der Waals surface area (Å²) in [7, 11) is 4.03. The van der Waals surface area contributed by atoms with Crippen LogP contribution in [0, 0.1) is 5.92 Å². The molecule has 1 unspecified atom stereocenters. The number of aromatic nitrogens is 1. The van der Waals surface area contributed by atoms with Gasteiger partial charge in [0.1, 0.15) is 5.82 Å². The highest BCUT2D eigenvalue weighted by Gasteiger charge is 2.23. The number of rotatable bonds is 7. The Kier molecular flexibility index (Phi) is 9.40. The summed E-state index contributed by atoms with van der Waals surface area (Å²) >= 11 is 0. The Morgan fingerprint density at radius 3 is 2.29 bits per heavy atom. The van der Waals surface area contributed by atoms with Crippen LogP contribution in [-0.4, -0.2) is 86.7 Å². The number of pyridine rings is 1. The molecule has 0 amide bonds. The van der Waals surface area contributed by atoms with Crippen molar-refractivity contribution in [2.75, 3.05) is 64.8 Å². The van der Waals surface area contributed by atoms with Gasteiger partial charge in [-0.15, -0.1) is 0 Å². The zero-order valence-electron chi connectivity index (χ0n) is 20.1. The molecule has 31 heavy (non-hydrogen) atoms. The average molecular weight is 430 g/mol. The molecule has 2 N–H and O–H groups in total. The average Bonchev–Trinajstić information content (AvgIpc) is 3.06. The van der Waals surface area contributed by atoms with Crippen molar-refractivity contribution >= 4 is 11.8 Å². The highest BCUT2D eigenvalue weighted by molar-refractivity contribution is 5.79. The van der Waals surface area contributed by atoms with E-state index in [2.05, 4.69) is 63.4 Å². The van der Waals surface area contributed by atoms with Gasteiger partial charge in [-0.25, -0.2) is 4.98 Å². The van der Waals surface area contributed by atoms with Crippen LogP contribution in [0.4, 0.5) is 5.82 Å². The molecule has 7 heteroatoms. The van der Waals surface area contributed by atoms with E-state index in [-0.39, 0.29) is 0 Å². The lowest BCUT2D eigenvalue weighted by Crippen LogP contribution is -2.49. The molecule has 0 aromatic carbocycles. The van der Waals surface area contributed by atoms with Crippen molar-refractivity contribution in [2.24, 2.45) is 10.9 Å². The first-order valence-corrected chi connectivity index (χ1v) is 12.1. The number of nitrogens with one attached hydrogen (secondary N) is 2. The van der Waals surface area contributed by atoms with Crippen molar-refractivity contribution < 1.29 is 0 Å². The fourth-order valence-electron chi connectivity index (χ4n) is 4.56. The molecule has 0 aliphatic carbocycles. The fourth-order valence-corrected chi connectivity index (χ4v) is 4.56. The third kappa shape index (κ3) is 7.35.